The summed E-state index contributed by atoms with van der Waals surface area (Å²) in [5, 5.41) is 1.04. The number of aromatic nitrogens is 1. The molecule has 2 aromatic rings. The Hall–Kier alpha value is -3.09. The molecule has 0 fully saturated rings. The minimum absolute atomic E-state index is 0.0313. The minimum Gasteiger partial charge on any atom is -0.465 e. The Morgan fingerprint density at radius 3 is 2.54 bits per heavy atom. The molecule has 0 radical (unpaired) electrons. The molecule has 7 nitrogen and oxygen atoms in total. The second-order valence-corrected chi connectivity index (χ2v) is 6.53. The average Bonchev–Trinajstić information content (AvgIpc) is 3.15. The number of ether oxygens (including phenoxy) is 2. The Bertz CT molecular complexity index is 1000. The number of hydrogen-bond acceptors (Lipinski definition) is 6. The fourth-order valence-corrected chi connectivity index (χ4v) is 4.12. The molecule has 0 aliphatic carbocycles. The number of carbonyl (C=O) groups is 3. The lowest BCUT2D eigenvalue weighted by molar-refractivity contribution is -0.140. The van der Waals surface area contributed by atoms with Gasteiger partial charge in [-0.1, -0.05) is 18.2 Å². The predicted molar refractivity (Wildman–Crippen MR) is 92.1 cm³/mol. The van der Waals surface area contributed by atoms with E-state index < -0.39 is 23.3 Å². The van der Waals surface area contributed by atoms with Crippen molar-refractivity contribution in [1.29, 1.82) is 0 Å². The van der Waals surface area contributed by atoms with Crippen molar-refractivity contribution in [3.05, 3.63) is 46.8 Å². The van der Waals surface area contributed by atoms with Crippen LogP contribution in [-0.4, -0.2) is 48.4 Å². The lowest BCUT2D eigenvalue weighted by Crippen LogP contribution is -2.49. The lowest BCUT2D eigenvalue weighted by Gasteiger charge is -2.40. The smallest absolute Gasteiger partial charge is 0.355 e. The maximum atomic E-state index is 13.3. The molecule has 1 unspecified atom stereocenters. The first-order valence-corrected chi connectivity index (χ1v) is 8.28. The van der Waals surface area contributed by atoms with E-state index >= 15 is 0 Å². The normalized spacial score (nSPS) is 21.7. The molecule has 26 heavy (non-hydrogen) atoms. The minimum atomic E-state index is -1.18. The second kappa shape index (κ2) is 5.45. The number of ketones is 1. The van der Waals surface area contributed by atoms with Gasteiger partial charge in [0.25, 0.3) is 0 Å². The van der Waals surface area contributed by atoms with Gasteiger partial charge in [0.2, 0.25) is 5.78 Å². The molecule has 0 saturated heterocycles. The van der Waals surface area contributed by atoms with Crippen molar-refractivity contribution in [2.24, 2.45) is 0 Å². The summed E-state index contributed by atoms with van der Waals surface area (Å²) >= 11 is 0. The van der Waals surface area contributed by atoms with Crippen molar-refractivity contribution < 1.29 is 23.9 Å². The van der Waals surface area contributed by atoms with Crippen molar-refractivity contribution in [3.8, 4) is 0 Å². The van der Waals surface area contributed by atoms with Gasteiger partial charge in [-0.3, -0.25) is 4.79 Å². The van der Waals surface area contributed by atoms with Crippen LogP contribution in [0.3, 0.4) is 0 Å². The maximum absolute atomic E-state index is 13.3. The number of rotatable bonds is 2. The molecule has 0 amide bonds. The van der Waals surface area contributed by atoms with Gasteiger partial charge in [-0.25, -0.2) is 9.59 Å². The zero-order chi connectivity index (χ0) is 18.6. The Labute approximate surface area is 149 Å². The number of methoxy groups -OCH3 is 2. The highest BCUT2D eigenvalue weighted by molar-refractivity contribution is 6.27. The third kappa shape index (κ3) is 1.85. The molecule has 0 bridgehead atoms. The van der Waals surface area contributed by atoms with Crippen molar-refractivity contribution in [3.63, 3.8) is 0 Å². The molecule has 3 heterocycles. The first kappa shape index (κ1) is 16.4. The van der Waals surface area contributed by atoms with Crippen LogP contribution >= 0.6 is 0 Å². The molecular weight excluding hydrogens is 336 g/mol. The van der Waals surface area contributed by atoms with Gasteiger partial charge < -0.3 is 19.4 Å². The predicted octanol–water partition coefficient (Wildman–Crippen LogP) is 1.42. The monoisotopic (exact) mass is 354 g/mol. The summed E-state index contributed by atoms with van der Waals surface area (Å²) in [6.45, 7) is 2.14. The van der Waals surface area contributed by atoms with Gasteiger partial charge in [0.05, 0.1) is 19.9 Å². The molecule has 134 valence electrons. The number of nitrogens with one attached hydrogen (secondary N) is 1. The van der Waals surface area contributed by atoms with Crippen LogP contribution in [0.2, 0.25) is 0 Å². The Morgan fingerprint density at radius 2 is 1.85 bits per heavy atom. The van der Waals surface area contributed by atoms with Gasteiger partial charge >= 0.3 is 11.9 Å². The molecule has 2 aliphatic heterocycles. The number of carbonyl (C=O) groups excluding carboxylic acids is 3. The fraction of sp³-hybridized carbons (Fsp3) is 0.316. The molecular formula is C19H18N2O5. The summed E-state index contributed by atoms with van der Waals surface area (Å²) < 4.78 is 9.60. The number of H-pyrrole nitrogens is 1. The highest BCUT2D eigenvalue weighted by atomic mass is 16.5. The number of aromatic amines is 1. The number of benzene rings is 1. The highest BCUT2D eigenvalue weighted by Crippen LogP contribution is 2.47. The number of Topliss-reactive ketones (excluding diaryl/α,β-unsaturated/α-hetero) is 1. The number of hydrogen-bond donors (Lipinski definition) is 1. The molecule has 7 heteroatoms. The Kier molecular flexibility index (Phi) is 3.44. The van der Waals surface area contributed by atoms with E-state index in [4.69, 9.17) is 9.47 Å². The van der Waals surface area contributed by atoms with Crippen molar-refractivity contribution >= 4 is 28.6 Å². The molecule has 1 aromatic heterocycles. The Balaban J connectivity index is 1.97. The molecule has 4 rings (SSSR count). The van der Waals surface area contributed by atoms with Crippen LogP contribution in [0.4, 0.5) is 0 Å². The van der Waals surface area contributed by atoms with E-state index in [-0.39, 0.29) is 11.3 Å². The van der Waals surface area contributed by atoms with Gasteiger partial charge in [-0.05, 0) is 25.0 Å². The first-order chi connectivity index (χ1) is 12.4. The quantitative estimate of drug-likeness (QED) is 0.648. The maximum Gasteiger partial charge on any atom is 0.355 e. The van der Waals surface area contributed by atoms with Crippen LogP contribution in [0.1, 0.15) is 18.2 Å². The van der Waals surface area contributed by atoms with E-state index in [0.29, 0.717) is 18.7 Å². The summed E-state index contributed by atoms with van der Waals surface area (Å²) in [5.41, 5.74) is 1.18. The number of fused-ring (bicyclic) bond motifs is 5. The molecule has 0 saturated carbocycles. The lowest BCUT2D eigenvalue weighted by atomic mass is 9.84. The van der Waals surface area contributed by atoms with E-state index in [1.54, 1.807) is 11.8 Å². The van der Waals surface area contributed by atoms with Crippen LogP contribution in [-0.2, 0) is 35.8 Å². The standard InChI is InChI=1S/C19H18N2O5/c1-19-15-11(10-6-4-5-7-12(10)20-15)8-9-21(19)14(18(24)26-3)13(16(19)22)17(23)25-2/h4-7,20H,8-9H2,1-3H3. The van der Waals surface area contributed by atoms with Crippen molar-refractivity contribution in [1.82, 2.24) is 9.88 Å². The second-order valence-electron chi connectivity index (χ2n) is 6.53. The van der Waals surface area contributed by atoms with Crippen LogP contribution in [0, 0.1) is 0 Å². The summed E-state index contributed by atoms with van der Waals surface area (Å²) in [6, 6.07) is 7.80. The molecule has 1 aromatic carbocycles. The first-order valence-electron chi connectivity index (χ1n) is 8.28. The third-order valence-electron chi connectivity index (χ3n) is 5.37. The topological polar surface area (TPSA) is 88.7 Å². The largest absolute Gasteiger partial charge is 0.465 e. The zero-order valence-electron chi connectivity index (χ0n) is 14.7. The van der Waals surface area contributed by atoms with E-state index in [1.165, 1.54) is 14.2 Å². The van der Waals surface area contributed by atoms with Gasteiger partial charge in [-0.15, -0.1) is 0 Å². The zero-order valence-corrected chi connectivity index (χ0v) is 14.7. The van der Waals surface area contributed by atoms with Gasteiger partial charge in [0, 0.05) is 17.4 Å². The van der Waals surface area contributed by atoms with E-state index in [1.807, 2.05) is 24.3 Å². The summed E-state index contributed by atoms with van der Waals surface area (Å²) in [7, 11) is 2.41. The number of nitrogens with zero attached hydrogens (tertiary/aromatic N) is 1. The summed E-state index contributed by atoms with van der Waals surface area (Å²) in [5.74, 6) is -2.01. The van der Waals surface area contributed by atoms with Crippen LogP contribution in [0.25, 0.3) is 10.9 Å². The molecule has 2 aliphatic rings. The molecule has 1 atom stereocenters. The average molecular weight is 354 g/mol. The highest BCUT2D eigenvalue weighted by Gasteiger charge is 2.58. The summed E-state index contributed by atoms with van der Waals surface area (Å²) in [4.78, 5) is 42.9. The number of para-hydroxylation sites is 1. The van der Waals surface area contributed by atoms with Crippen molar-refractivity contribution in [2.75, 3.05) is 20.8 Å². The van der Waals surface area contributed by atoms with E-state index in [9.17, 15) is 14.4 Å². The fourth-order valence-electron chi connectivity index (χ4n) is 4.12. The van der Waals surface area contributed by atoms with E-state index in [2.05, 4.69) is 4.98 Å². The molecule has 0 spiro atoms. The van der Waals surface area contributed by atoms with Gasteiger partial charge in [0.1, 0.15) is 16.8 Å². The van der Waals surface area contributed by atoms with Gasteiger partial charge in [0.15, 0.2) is 0 Å². The van der Waals surface area contributed by atoms with Crippen LogP contribution in [0.5, 0.6) is 0 Å². The molecule has 1 N–H and O–H groups in total. The van der Waals surface area contributed by atoms with Gasteiger partial charge in [-0.2, -0.15) is 0 Å². The Morgan fingerprint density at radius 1 is 1.15 bits per heavy atom. The summed E-state index contributed by atoms with van der Waals surface area (Å²) in [6.07, 6.45) is 0.636. The van der Waals surface area contributed by atoms with Crippen LogP contribution in [0.15, 0.2) is 35.5 Å². The number of esters is 2. The van der Waals surface area contributed by atoms with Crippen molar-refractivity contribution in [2.45, 2.75) is 18.9 Å². The van der Waals surface area contributed by atoms with E-state index in [0.717, 1.165) is 16.5 Å². The third-order valence-corrected chi connectivity index (χ3v) is 5.37. The van der Waals surface area contributed by atoms with Crippen LogP contribution < -0.4 is 0 Å². The SMILES string of the molecule is COC(=O)C1=C(C(=O)OC)N2CCc3c([nH]c4ccccc34)C2(C)C1=O.